The van der Waals surface area contributed by atoms with Crippen LogP contribution in [-0.4, -0.2) is 36.8 Å². The van der Waals surface area contributed by atoms with Gasteiger partial charge in [0.15, 0.2) is 11.2 Å². The van der Waals surface area contributed by atoms with Crippen molar-refractivity contribution in [3.63, 3.8) is 0 Å². The number of rotatable bonds is 7. The Morgan fingerprint density at radius 1 is 1.06 bits per heavy atom. The fourth-order valence-electron chi connectivity index (χ4n) is 3.48. The van der Waals surface area contributed by atoms with Crippen LogP contribution in [0.25, 0.3) is 11.2 Å². The zero-order valence-electron chi connectivity index (χ0n) is 18.1. The molecule has 0 aliphatic rings. The van der Waals surface area contributed by atoms with Gasteiger partial charge in [0.25, 0.3) is 5.56 Å². The first-order valence-electron chi connectivity index (χ1n) is 10.2. The summed E-state index contributed by atoms with van der Waals surface area (Å²) in [6, 6.07) is 11.4. The van der Waals surface area contributed by atoms with E-state index in [1.165, 1.54) is 23.7 Å². The van der Waals surface area contributed by atoms with Crippen molar-refractivity contribution < 1.29 is 27.8 Å². The number of aliphatic hydroxyl groups excluding tert-OH is 1. The monoisotopic (exact) mass is 510 g/mol. The number of hydrogen-bond acceptors (Lipinski definition) is 6. The molecule has 1 N–H and O–H groups in total. The summed E-state index contributed by atoms with van der Waals surface area (Å²) >= 11 is 5.96. The van der Waals surface area contributed by atoms with E-state index in [-0.39, 0.29) is 36.0 Å². The Morgan fingerprint density at radius 2 is 1.74 bits per heavy atom. The van der Waals surface area contributed by atoms with Crippen LogP contribution in [0.2, 0.25) is 5.02 Å². The third kappa shape index (κ3) is 5.17. The van der Waals surface area contributed by atoms with Crippen molar-refractivity contribution in [1.29, 1.82) is 0 Å². The van der Waals surface area contributed by atoms with Gasteiger partial charge in [0.05, 0.1) is 19.7 Å². The van der Waals surface area contributed by atoms with Crippen molar-refractivity contribution in [2.45, 2.75) is 19.5 Å². The van der Waals surface area contributed by atoms with Crippen molar-refractivity contribution in [3.8, 4) is 17.5 Å². The van der Waals surface area contributed by atoms with Gasteiger partial charge in [-0.05, 0) is 29.8 Å². The fraction of sp³-hybridized carbons (Fsp3) is 0.227. The smallest absolute Gasteiger partial charge is 0.425 e. The van der Waals surface area contributed by atoms with E-state index >= 15 is 0 Å². The highest BCUT2D eigenvalue weighted by Gasteiger charge is 2.31. The number of aliphatic hydroxyl groups is 1. The molecule has 0 atom stereocenters. The van der Waals surface area contributed by atoms with Crippen LogP contribution in [0, 0.1) is 0 Å². The Kier molecular flexibility index (Phi) is 6.59. The lowest BCUT2D eigenvalue weighted by molar-refractivity contribution is -0.274. The van der Waals surface area contributed by atoms with Gasteiger partial charge >= 0.3 is 18.1 Å². The highest BCUT2D eigenvalue weighted by Crippen LogP contribution is 2.30. The SMILES string of the molecule is Cn1c(=O)c2c(nc(Oc3cccc(OC(F)(F)F)c3)n2Cc2ccc(Cl)cc2)n(CCO)c1=O. The normalized spacial score (nSPS) is 11.7. The highest BCUT2D eigenvalue weighted by atomic mass is 35.5. The van der Waals surface area contributed by atoms with E-state index in [1.54, 1.807) is 24.3 Å². The van der Waals surface area contributed by atoms with Gasteiger partial charge < -0.3 is 14.6 Å². The summed E-state index contributed by atoms with van der Waals surface area (Å²) in [4.78, 5) is 30.0. The topological polar surface area (TPSA) is 101 Å². The molecule has 2 aromatic carbocycles. The lowest BCUT2D eigenvalue weighted by Gasteiger charge is -2.12. The second-order valence-electron chi connectivity index (χ2n) is 7.43. The van der Waals surface area contributed by atoms with Crippen LogP contribution in [0.3, 0.4) is 0 Å². The molecule has 0 fully saturated rings. The van der Waals surface area contributed by atoms with Crippen LogP contribution >= 0.6 is 11.6 Å². The molecule has 0 radical (unpaired) electrons. The third-order valence-electron chi connectivity index (χ3n) is 5.02. The Balaban J connectivity index is 1.89. The van der Waals surface area contributed by atoms with Gasteiger partial charge in [-0.3, -0.25) is 18.5 Å². The van der Waals surface area contributed by atoms with E-state index < -0.39 is 30.0 Å². The molecule has 0 unspecified atom stereocenters. The quantitative estimate of drug-likeness (QED) is 0.409. The zero-order valence-corrected chi connectivity index (χ0v) is 18.9. The van der Waals surface area contributed by atoms with E-state index in [9.17, 15) is 27.9 Å². The van der Waals surface area contributed by atoms with Gasteiger partial charge in [-0.1, -0.05) is 29.8 Å². The molecule has 0 aliphatic heterocycles. The fourth-order valence-corrected chi connectivity index (χ4v) is 3.60. The largest absolute Gasteiger partial charge is 0.573 e. The van der Waals surface area contributed by atoms with Gasteiger partial charge in [0.2, 0.25) is 0 Å². The Bertz CT molecular complexity index is 1490. The number of alkyl halides is 3. The average molecular weight is 511 g/mol. The number of hydrogen-bond donors (Lipinski definition) is 1. The average Bonchev–Trinajstić information content (AvgIpc) is 3.13. The van der Waals surface area contributed by atoms with Crippen LogP contribution in [0.4, 0.5) is 13.2 Å². The minimum atomic E-state index is -4.90. The van der Waals surface area contributed by atoms with Crippen LogP contribution in [0.5, 0.6) is 17.5 Å². The number of ether oxygens (including phenoxy) is 2. The van der Waals surface area contributed by atoms with E-state index in [1.807, 2.05) is 0 Å². The molecular formula is C22H18ClF3N4O5. The first-order valence-corrected chi connectivity index (χ1v) is 10.5. The summed E-state index contributed by atoms with van der Waals surface area (Å²) in [5, 5.41) is 9.92. The molecule has 0 spiro atoms. The van der Waals surface area contributed by atoms with Crippen LogP contribution in [0.1, 0.15) is 5.56 Å². The summed E-state index contributed by atoms with van der Waals surface area (Å²) < 4.78 is 51.0. The zero-order chi connectivity index (χ0) is 25.3. The molecule has 35 heavy (non-hydrogen) atoms. The molecule has 184 valence electrons. The number of fused-ring (bicyclic) bond motifs is 1. The van der Waals surface area contributed by atoms with Crippen molar-refractivity contribution in [2.24, 2.45) is 7.05 Å². The minimum absolute atomic E-state index is 0.00759. The summed E-state index contributed by atoms with van der Waals surface area (Å²) in [6.45, 7) is -0.478. The maximum Gasteiger partial charge on any atom is 0.573 e. The molecule has 0 saturated heterocycles. The first kappa shape index (κ1) is 24.4. The van der Waals surface area contributed by atoms with Crippen molar-refractivity contribution in [1.82, 2.24) is 18.7 Å². The van der Waals surface area contributed by atoms with E-state index in [0.29, 0.717) is 10.6 Å². The van der Waals surface area contributed by atoms with Crippen LogP contribution in [0.15, 0.2) is 58.1 Å². The predicted octanol–water partition coefficient (Wildman–Crippen LogP) is 3.28. The number of imidazole rings is 1. The molecule has 4 rings (SSSR count). The molecule has 0 amide bonds. The van der Waals surface area contributed by atoms with E-state index in [0.717, 1.165) is 21.3 Å². The number of benzene rings is 2. The molecule has 0 aliphatic carbocycles. The molecule has 13 heteroatoms. The first-order chi connectivity index (χ1) is 16.6. The summed E-state index contributed by atoms with van der Waals surface area (Å²) in [6.07, 6.45) is -4.90. The Hall–Kier alpha value is -3.77. The summed E-state index contributed by atoms with van der Waals surface area (Å²) in [5.41, 5.74) is -0.689. The highest BCUT2D eigenvalue weighted by molar-refractivity contribution is 6.30. The summed E-state index contributed by atoms with van der Waals surface area (Å²) in [7, 11) is 1.29. The molecule has 9 nitrogen and oxygen atoms in total. The third-order valence-corrected chi connectivity index (χ3v) is 5.27. The molecule has 2 heterocycles. The number of nitrogens with zero attached hydrogens (tertiary/aromatic N) is 4. The van der Waals surface area contributed by atoms with Gasteiger partial charge in [-0.15, -0.1) is 13.2 Å². The summed E-state index contributed by atoms with van der Waals surface area (Å²) in [5.74, 6) is -0.559. The maximum absolute atomic E-state index is 13.1. The van der Waals surface area contributed by atoms with Crippen molar-refractivity contribution in [2.75, 3.05) is 6.61 Å². The standard InChI is InChI=1S/C22H18ClF3N4O5/c1-28-19(32)17-18(29(9-10-31)21(28)33)27-20(30(17)12-13-5-7-14(23)8-6-13)34-15-3-2-4-16(11-15)35-22(24,25)26/h2-8,11,31H,9-10,12H2,1H3. The van der Waals surface area contributed by atoms with E-state index in [4.69, 9.17) is 16.3 Å². The lowest BCUT2D eigenvalue weighted by atomic mass is 10.2. The van der Waals surface area contributed by atoms with Crippen LogP contribution in [-0.2, 0) is 20.1 Å². The molecule has 0 saturated carbocycles. The van der Waals surface area contributed by atoms with Gasteiger partial charge in [0.1, 0.15) is 11.5 Å². The molecular weight excluding hydrogens is 493 g/mol. The van der Waals surface area contributed by atoms with Gasteiger partial charge in [-0.2, -0.15) is 4.98 Å². The second kappa shape index (κ2) is 9.47. The van der Waals surface area contributed by atoms with Gasteiger partial charge in [0, 0.05) is 18.1 Å². The minimum Gasteiger partial charge on any atom is -0.425 e. The number of halogens is 4. The molecule has 0 bridgehead atoms. The van der Waals surface area contributed by atoms with Crippen molar-refractivity contribution >= 4 is 22.8 Å². The maximum atomic E-state index is 13.1. The van der Waals surface area contributed by atoms with Crippen LogP contribution < -0.4 is 20.7 Å². The second-order valence-corrected chi connectivity index (χ2v) is 7.86. The lowest BCUT2D eigenvalue weighted by Crippen LogP contribution is -2.39. The molecule has 2 aromatic heterocycles. The molecule has 4 aromatic rings. The predicted molar refractivity (Wildman–Crippen MR) is 120 cm³/mol. The Labute approximate surface area is 200 Å². The number of aromatic nitrogens is 4. The van der Waals surface area contributed by atoms with Gasteiger partial charge in [-0.25, -0.2) is 4.79 Å². The van der Waals surface area contributed by atoms with Crippen molar-refractivity contribution in [3.05, 3.63) is 80.0 Å². The Morgan fingerprint density at radius 3 is 2.40 bits per heavy atom. The van der Waals surface area contributed by atoms with E-state index in [2.05, 4.69) is 9.72 Å².